The fourth-order valence-electron chi connectivity index (χ4n) is 1.63. The van der Waals surface area contributed by atoms with Crippen molar-refractivity contribution in [2.24, 2.45) is 0 Å². The SMILES string of the molecule is C=Cc1cc(C)cc(NC2CCC2)n1. The number of aromatic nitrogens is 1. The first-order valence-electron chi connectivity index (χ1n) is 5.15. The second kappa shape index (κ2) is 3.82. The minimum absolute atomic E-state index is 0.641. The molecule has 2 nitrogen and oxygen atoms in total. The Morgan fingerprint density at radius 3 is 2.86 bits per heavy atom. The van der Waals surface area contributed by atoms with Crippen molar-refractivity contribution in [3.8, 4) is 0 Å². The number of aryl methyl sites for hydroxylation is 1. The van der Waals surface area contributed by atoms with Gasteiger partial charge in [0.25, 0.3) is 0 Å². The quantitative estimate of drug-likeness (QED) is 0.788. The molecule has 0 aliphatic heterocycles. The van der Waals surface area contributed by atoms with Crippen molar-refractivity contribution >= 4 is 11.9 Å². The van der Waals surface area contributed by atoms with Gasteiger partial charge in [-0.25, -0.2) is 4.98 Å². The average Bonchev–Trinajstić information content (AvgIpc) is 2.10. The summed E-state index contributed by atoms with van der Waals surface area (Å²) in [7, 11) is 0. The van der Waals surface area contributed by atoms with Crippen molar-refractivity contribution in [3.63, 3.8) is 0 Å². The Labute approximate surface area is 85.1 Å². The summed E-state index contributed by atoms with van der Waals surface area (Å²) in [6.07, 6.45) is 5.69. The van der Waals surface area contributed by atoms with Crippen molar-refractivity contribution < 1.29 is 0 Å². The molecule has 14 heavy (non-hydrogen) atoms. The normalized spacial score (nSPS) is 16.1. The average molecular weight is 188 g/mol. The number of hydrogen-bond donors (Lipinski definition) is 1. The van der Waals surface area contributed by atoms with Gasteiger partial charge in [0.2, 0.25) is 0 Å². The van der Waals surface area contributed by atoms with Crippen molar-refractivity contribution in [1.29, 1.82) is 0 Å². The highest BCUT2D eigenvalue weighted by atomic mass is 15.0. The summed E-state index contributed by atoms with van der Waals surface area (Å²) in [4.78, 5) is 4.44. The van der Waals surface area contributed by atoms with Crippen LogP contribution in [0.3, 0.4) is 0 Å². The molecule has 1 heterocycles. The van der Waals surface area contributed by atoms with E-state index in [4.69, 9.17) is 0 Å². The second-order valence-electron chi connectivity index (χ2n) is 3.93. The van der Waals surface area contributed by atoms with Gasteiger partial charge in [-0.3, -0.25) is 0 Å². The summed E-state index contributed by atoms with van der Waals surface area (Å²) in [6, 6.07) is 4.77. The summed E-state index contributed by atoms with van der Waals surface area (Å²) in [5, 5.41) is 3.44. The molecule has 1 aliphatic rings. The zero-order valence-electron chi connectivity index (χ0n) is 8.59. The Kier molecular flexibility index (Phi) is 2.53. The van der Waals surface area contributed by atoms with Crippen molar-refractivity contribution in [1.82, 2.24) is 4.98 Å². The Morgan fingerprint density at radius 2 is 2.29 bits per heavy atom. The topological polar surface area (TPSA) is 24.9 Å². The van der Waals surface area contributed by atoms with Gasteiger partial charge in [0, 0.05) is 6.04 Å². The van der Waals surface area contributed by atoms with Crippen LogP contribution in [0, 0.1) is 6.92 Å². The maximum atomic E-state index is 4.44. The number of anilines is 1. The van der Waals surface area contributed by atoms with Crippen LogP contribution < -0.4 is 5.32 Å². The molecule has 0 aromatic carbocycles. The third-order valence-corrected chi connectivity index (χ3v) is 2.66. The molecule has 0 atom stereocenters. The Morgan fingerprint density at radius 1 is 1.50 bits per heavy atom. The molecule has 0 spiro atoms. The van der Waals surface area contributed by atoms with Gasteiger partial charge in [0.15, 0.2) is 0 Å². The summed E-state index contributed by atoms with van der Waals surface area (Å²) >= 11 is 0. The van der Waals surface area contributed by atoms with Gasteiger partial charge in [0.1, 0.15) is 5.82 Å². The highest BCUT2D eigenvalue weighted by molar-refractivity contribution is 5.49. The number of hydrogen-bond acceptors (Lipinski definition) is 2. The van der Waals surface area contributed by atoms with Gasteiger partial charge < -0.3 is 5.32 Å². The predicted octanol–water partition coefficient (Wildman–Crippen LogP) is 3.00. The minimum atomic E-state index is 0.641. The van der Waals surface area contributed by atoms with Crippen LogP contribution in [0.15, 0.2) is 18.7 Å². The standard InChI is InChI=1S/C12H16N2/c1-3-10-7-9(2)8-12(13-10)14-11-5-4-6-11/h3,7-8,11H,1,4-6H2,2H3,(H,13,14). The molecule has 0 radical (unpaired) electrons. The molecule has 1 fully saturated rings. The lowest BCUT2D eigenvalue weighted by molar-refractivity contribution is 0.444. The van der Waals surface area contributed by atoms with E-state index in [-0.39, 0.29) is 0 Å². The van der Waals surface area contributed by atoms with Gasteiger partial charge in [-0.2, -0.15) is 0 Å². The molecule has 1 N–H and O–H groups in total. The highest BCUT2D eigenvalue weighted by Crippen LogP contribution is 2.22. The largest absolute Gasteiger partial charge is 0.367 e. The van der Waals surface area contributed by atoms with Crippen LogP contribution in [0.25, 0.3) is 6.08 Å². The Bertz CT molecular complexity index is 340. The summed E-state index contributed by atoms with van der Waals surface area (Å²) in [5.41, 5.74) is 2.18. The number of nitrogens with zero attached hydrogens (tertiary/aromatic N) is 1. The molecule has 0 bridgehead atoms. The lowest BCUT2D eigenvalue weighted by Crippen LogP contribution is -2.27. The van der Waals surface area contributed by atoms with Crippen LogP contribution >= 0.6 is 0 Å². The molecule has 2 rings (SSSR count). The summed E-state index contributed by atoms with van der Waals surface area (Å²) < 4.78 is 0. The Hall–Kier alpha value is -1.31. The van der Waals surface area contributed by atoms with Crippen LogP contribution in [0.4, 0.5) is 5.82 Å². The van der Waals surface area contributed by atoms with Gasteiger partial charge >= 0.3 is 0 Å². The first-order chi connectivity index (χ1) is 6.78. The van der Waals surface area contributed by atoms with Crippen molar-refractivity contribution in [2.45, 2.75) is 32.2 Å². The van der Waals surface area contributed by atoms with Crippen LogP contribution in [0.2, 0.25) is 0 Å². The predicted molar refractivity (Wildman–Crippen MR) is 60.3 cm³/mol. The van der Waals surface area contributed by atoms with E-state index in [2.05, 4.69) is 29.9 Å². The van der Waals surface area contributed by atoms with E-state index in [9.17, 15) is 0 Å². The van der Waals surface area contributed by atoms with E-state index < -0.39 is 0 Å². The van der Waals surface area contributed by atoms with Crippen LogP contribution in [0.5, 0.6) is 0 Å². The van der Waals surface area contributed by atoms with E-state index in [1.165, 1.54) is 24.8 Å². The molecular formula is C12H16N2. The number of rotatable bonds is 3. The molecular weight excluding hydrogens is 172 g/mol. The number of pyridine rings is 1. The van der Waals surface area contributed by atoms with Gasteiger partial charge in [-0.15, -0.1) is 0 Å². The first kappa shape index (κ1) is 9.25. The zero-order chi connectivity index (χ0) is 9.97. The fourth-order valence-corrected chi connectivity index (χ4v) is 1.63. The molecule has 0 unspecified atom stereocenters. The highest BCUT2D eigenvalue weighted by Gasteiger charge is 2.17. The molecule has 1 saturated carbocycles. The lowest BCUT2D eigenvalue weighted by Gasteiger charge is -2.27. The molecule has 2 heteroatoms. The third kappa shape index (κ3) is 1.95. The molecule has 1 aromatic heterocycles. The zero-order valence-corrected chi connectivity index (χ0v) is 8.59. The van der Waals surface area contributed by atoms with Crippen molar-refractivity contribution in [2.75, 3.05) is 5.32 Å². The van der Waals surface area contributed by atoms with Gasteiger partial charge in [-0.1, -0.05) is 6.58 Å². The Balaban J connectivity index is 2.14. The molecule has 1 aliphatic carbocycles. The van der Waals surface area contributed by atoms with E-state index in [0.717, 1.165) is 11.5 Å². The maximum Gasteiger partial charge on any atom is 0.127 e. The maximum absolute atomic E-state index is 4.44. The summed E-state index contributed by atoms with van der Waals surface area (Å²) in [6.45, 7) is 5.82. The van der Waals surface area contributed by atoms with Crippen LogP contribution in [-0.4, -0.2) is 11.0 Å². The van der Waals surface area contributed by atoms with Crippen LogP contribution in [0.1, 0.15) is 30.5 Å². The minimum Gasteiger partial charge on any atom is -0.367 e. The monoisotopic (exact) mass is 188 g/mol. The lowest BCUT2D eigenvalue weighted by atomic mass is 9.93. The second-order valence-corrected chi connectivity index (χ2v) is 3.93. The molecule has 74 valence electrons. The van der Waals surface area contributed by atoms with Crippen LogP contribution in [-0.2, 0) is 0 Å². The van der Waals surface area contributed by atoms with Gasteiger partial charge in [0.05, 0.1) is 5.69 Å². The van der Waals surface area contributed by atoms with E-state index in [1.54, 1.807) is 6.08 Å². The molecule has 0 saturated heterocycles. The third-order valence-electron chi connectivity index (χ3n) is 2.66. The number of nitrogens with one attached hydrogen (secondary N) is 1. The first-order valence-corrected chi connectivity index (χ1v) is 5.15. The fraction of sp³-hybridized carbons (Fsp3) is 0.417. The van der Waals surface area contributed by atoms with Gasteiger partial charge in [-0.05, 0) is 50.0 Å². The molecule has 1 aromatic rings. The van der Waals surface area contributed by atoms with E-state index >= 15 is 0 Å². The smallest absolute Gasteiger partial charge is 0.127 e. The van der Waals surface area contributed by atoms with Crippen molar-refractivity contribution in [3.05, 3.63) is 30.0 Å². The summed E-state index contributed by atoms with van der Waals surface area (Å²) in [5.74, 6) is 0.990. The molecule has 0 amide bonds. The van der Waals surface area contributed by atoms with E-state index in [1.807, 2.05) is 6.07 Å². The van der Waals surface area contributed by atoms with E-state index in [0.29, 0.717) is 6.04 Å².